The van der Waals surface area contributed by atoms with E-state index < -0.39 is 0 Å². The fourth-order valence-electron chi connectivity index (χ4n) is 2.27. The quantitative estimate of drug-likeness (QED) is 0.652. The zero-order valence-corrected chi connectivity index (χ0v) is 11.3. The third kappa shape index (κ3) is 4.24. The van der Waals surface area contributed by atoms with Gasteiger partial charge in [-0.1, -0.05) is 25.1 Å². The summed E-state index contributed by atoms with van der Waals surface area (Å²) in [4.78, 5) is 11.9. The fourth-order valence-corrected chi connectivity index (χ4v) is 2.27. The molecular formula is C15H21NO3. The molecule has 1 fully saturated rings. The Morgan fingerprint density at radius 3 is 2.84 bits per heavy atom. The van der Waals surface area contributed by atoms with E-state index >= 15 is 0 Å². The summed E-state index contributed by atoms with van der Waals surface area (Å²) >= 11 is 0. The Hall–Kier alpha value is -1.55. The summed E-state index contributed by atoms with van der Waals surface area (Å²) in [6.45, 7) is 3.65. The highest BCUT2D eigenvalue weighted by atomic mass is 16.6. The minimum atomic E-state index is -0.163. The van der Waals surface area contributed by atoms with Crippen molar-refractivity contribution in [3.63, 3.8) is 0 Å². The summed E-state index contributed by atoms with van der Waals surface area (Å²) in [5, 5.41) is 3.21. The van der Waals surface area contributed by atoms with Gasteiger partial charge in [-0.05, 0) is 37.4 Å². The smallest absolute Gasteiger partial charge is 0.323 e. The first-order valence-corrected chi connectivity index (χ1v) is 6.85. The van der Waals surface area contributed by atoms with Crippen LogP contribution in [0.2, 0.25) is 0 Å². The van der Waals surface area contributed by atoms with Crippen molar-refractivity contribution in [3.05, 3.63) is 30.3 Å². The maximum absolute atomic E-state index is 11.9. The second-order valence-corrected chi connectivity index (χ2v) is 4.88. The molecule has 1 saturated heterocycles. The zero-order chi connectivity index (χ0) is 13.5. The molecule has 4 nitrogen and oxygen atoms in total. The number of hydrogen-bond donors (Lipinski definition) is 1. The van der Waals surface area contributed by atoms with E-state index in [0.29, 0.717) is 19.1 Å². The first-order chi connectivity index (χ1) is 9.27. The van der Waals surface area contributed by atoms with Gasteiger partial charge in [0.2, 0.25) is 0 Å². The van der Waals surface area contributed by atoms with Gasteiger partial charge < -0.3 is 14.8 Å². The van der Waals surface area contributed by atoms with Crippen LogP contribution in [0.25, 0.3) is 0 Å². The van der Waals surface area contributed by atoms with Crippen LogP contribution in [0, 0.1) is 5.92 Å². The van der Waals surface area contributed by atoms with E-state index in [9.17, 15) is 4.79 Å². The van der Waals surface area contributed by atoms with Crippen LogP contribution >= 0.6 is 0 Å². The summed E-state index contributed by atoms with van der Waals surface area (Å²) in [5.41, 5.74) is 0. The molecule has 1 aromatic carbocycles. The number of piperidine rings is 1. The maximum Gasteiger partial charge on any atom is 0.323 e. The van der Waals surface area contributed by atoms with Crippen LogP contribution < -0.4 is 10.1 Å². The molecule has 0 spiro atoms. The van der Waals surface area contributed by atoms with Gasteiger partial charge in [-0.25, -0.2) is 0 Å². The van der Waals surface area contributed by atoms with Gasteiger partial charge in [-0.3, -0.25) is 4.79 Å². The Labute approximate surface area is 114 Å². The van der Waals surface area contributed by atoms with Crippen molar-refractivity contribution < 1.29 is 14.3 Å². The minimum absolute atomic E-state index is 0.162. The average Bonchev–Trinajstić information content (AvgIpc) is 2.45. The molecule has 1 N–H and O–H groups in total. The minimum Gasteiger partial charge on any atom is -0.490 e. The fraction of sp³-hybridized carbons (Fsp3) is 0.533. The van der Waals surface area contributed by atoms with Gasteiger partial charge in [0.15, 0.2) is 0 Å². The summed E-state index contributed by atoms with van der Waals surface area (Å²) in [5.74, 6) is 0.975. The number of rotatable bonds is 5. The topological polar surface area (TPSA) is 47.6 Å². The number of ether oxygens (including phenoxy) is 2. The molecule has 0 aliphatic carbocycles. The molecule has 1 aromatic rings. The summed E-state index contributed by atoms with van der Waals surface area (Å²) in [7, 11) is 0. The average molecular weight is 263 g/mol. The van der Waals surface area contributed by atoms with E-state index in [2.05, 4.69) is 12.2 Å². The molecule has 19 heavy (non-hydrogen) atoms. The monoisotopic (exact) mass is 263 g/mol. The third-order valence-electron chi connectivity index (χ3n) is 3.36. The number of para-hydroxylation sites is 1. The molecule has 0 saturated carbocycles. The number of carbonyl (C=O) groups is 1. The lowest BCUT2D eigenvalue weighted by molar-refractivity contribution is -0.148. The van der Waals surface area contributed by atoms with E-state index in [1.54, 1.807) is 0 Å². The van der Waals surface area contributed by atoms with Crippen molar-refractivity contribution in [3.8, 4) is 5.75 Å². The number of nitrogens with one attached hydrogen (secondary N) is 1. The Balaban J connectivity index is 1.66. The highest BCUT2D eigenvalue weighted by Gasteiger charge is 2.28. The van der Waals surface area contributed by atoms with Crippen LogP contribution in [0.15, 0.2) is 30.3 Å². The van der Waals surface area contributed by atoms with Crippen LogP contribution in [-0.4, -0.2) is 31.8 Å². The number of hydrogen-bond acceptors (Lipinski definition) is 4. The van der Waals surface area contributed by atoms with Crippen LogP contribution in [0.5, 0.6) is 5.75 Å². The number of esters is 1. The maximum atomic E-state index is 11.9. The van der Waals surface area contributed by atoms with Crippen molar-refractivity contribution in [2.75, 3.05) is 19.8 Å². The van der Waals surface area contributed by atoms with Gasteiger partial charge in [0.25, 0.3) is 0 Å². The van der Waals surface area contributed by atoms with Gasteiger partial charge in [-0.2, -0.15) is 0 Å². The van der Waals surface area contributed by atoms with Crippen molar-refractivity contribution in [2.24, 2.45) is 5.92 Å². The molecule has 4 heteroatoms. The molecule has 1 heterocycles. The molecule has 0 bridgehead atoms. The molecule has 0 amide bonds. The van der Waals surface area contributed by atoms with Crippen molar-refractivity contribution >= 4 is 5.97 Å². The van der Waals surface area contributed by atoms with Crippen LogP contribution in [0.4, 0.5) is 0 Å². The van der Waals surface area contributed by atoms with Gasteiger partial charge in [0, 0.05) is 0 Å². The molecule has 1 aliphatic heterocycles. The van der Waals surface area contributed by atoms with Crippen molar-refractivity contribution in [1.29, 1.82) is 0 Å². The van der Waals surface area contributed by atoms with Gasteiger partial charge in [-0.15, -0.1) is 0 Å². The second kappa shape index (κ2) is 7.14. The predicted molar refractivity (Wildman–Crippen MR) is 73.1 cm³/mol. The largest absolute Gasteiger partial charge is 0.490 e. The second-order valence-electron chi connectivity index (χ2n) is 4.88. The first-order valence-electron chi connectivity index (χ1n) is 6.85. The lowest BCUT2D eigenvalue weighted by Gasteiger charge is -2.28. The van der Waals surface area contributed by atoms with E-state index in [4.69, 9.17) is 9.47 Å². The van der Waals surface area contributed by atoms with E-state index in [1.165, 1.54) is 0 Å². The first kappa shape index (κ1) is 13.9. The predicted octanol–water partition coefficient (Wildman–Crippen LogP) is 2.00. The van der Waals surface area contributed by atoms with Crippen molar-refractivity contribution in [2.45, 2.75) is 25.8 Å². The lowest BCUT2D eigenvalue weighted by Crippen LogP contribution is -2.46. The van der Waals surface area contributed by atoms with E-state index in [1.807, 2.05) is 30.3 Å². The molecule has 2 atom stereocenters. The van der Waals surface area contributed by atoms with Gasteiger partial charge in [0.05, 0.1) is 0 Å². The SMILES string of the molecule is CC1CCCNC1C(=O)OCCOc1ccccc1. The van der Waals surface area contributed by atoms with E-state index in [0.717, 1.165) is 25.1 Å². The summed E-state index contributed by atoms with van der Waals surface area (Å²) in [6.07, 6.45) is 2.20. The molecule has 0 aromatic heterocycles. The lowest BCUT2D eigenvalue weighted by atomic mass is 9.93. The molecule has 104 valence electrons. The Bertz CT molecular complexity index is 394. The van der Waals surface area contributed by atoms with Crippen LogP contribution in [0.3, 0.4) is 0 Å². The normalized spacial score (nSPS) is 22.8. The zero-order valence-electron chi connectivity index (χ0n) is 11.3. The van der Waals surface area contributed by atoms with Crippen LogP contribution in [0.1, 0.15) is 19.8 Å². The molecule has 0 radical (unpaired) electrons. The Kier molecular flexibility index (Phi) is 5.21. The van der Waals surface area contributed by atoms with Crippen molar-refractivity contribution in [1.82, 2.24) is 5.32 Å². The molecular weight excluding hydrogens is 242 g/mol. The van der Waals surface area contributed by atoms with E-state index in [-0.39, 0.29) is 12.0 Å². The van der Waals surface area contributed by atoms with Gasteiger partial charge >= 0.3 is 5.97 Å². The number of carbonyl (C=O) groups excluding carboxylic acids is 1. The summed E-state index contributed by atoms with van der Waals surface area (Å²) in [6, 6.07) is 9.36. The Morgan fingerprint density at radius 2 is 2.11 bits per heavy atom. The van der Waals surface area contributed by atoms with Crippen LogP contribution in [-0.2, 0) is 9.53 Å². The van der Waals surface area contributed by atoms with Gasteiger partial charge in [0.1, 0.15) is 25.0 Å². The Morgan fingerprint density at radius 1 is 1.32 bits per heavy atom. The number of benzene rings is 1. The highest BCUT2D eigenvalue weighted by Crippen LogP contribution is 2.16. The standard InChI is InChI=1S/C15H21NO3/c1-12-6-5-9-16-14(12)15(17)19-11-10-18-13-7-3-2-4-8-13/h2-4,7-8,12,14,16H,5-6,9-11H2,1H3. The molecule has 1 aliphatic rings. The molecule has 2 unspecified atom stereocenters. The third-order valence-corrected chi connectivity index (χ3v) is 3.36. The summed E-state index contributed by atoms with van der Waals surface area (Å²) < 4.78 is 10.7. The highest BCUT2D eigenvalue weighted by molar-refractivity contribution is 5.76. The molecule has 2 rings (SSSR count).